The summed E-state index contributed by atoms with van der Waals surface area (Å²) in [6, 6.07) is -0.850. The highest BCUT2D eigenvalue weighted by atomic mass is 31.2. The largest absolute Gasteiger partial charge is 0.472 e. The first kappa shape index (κ1) is 65.2. The Morgan fingerprint density at radius 2 is 0.896 bits per heavy atom. The van der Waals surface area contributed by atoms with Crippen LogP contribution in [0.2, 0.25) is 0 Å². The van der Waals surface area contributed by atoms with Crippen molar-refractivity contribution in [3.63, 3.8) is 0 Å². The van der Waals surface area contributed by atoms with E-state index in [0.29, 0.717) is 17.4 Å². The molecule has 0 aromatic rings. The molecule has 0 saturated carbocycles. The molecule has 0 saturated heterocycles. The molecular weight excluding hydrogens is 852 g/mol. The van der Waals surface area contributed by atoms with Gasteiger partial charge in [0.2, 0.25) is 5.91 Å². The zero-order valence-electron chi connectivity index (χ0n) is 44.6. The number of allylic oxidation sites excluding steroid dienone is 9. The van der Waals surface area contributed by atoms with E-state index in [-0.39, 0.29) is 19.1 Å². The molecule has 0 aliphatic rings. The fraction of sp³-hybridized carbons (Fsp3) is 0.810. The number of hydrogen-bond acceptors (Lipinski definition) is 5. The van der Waals surface area contributed by atoms with Gasteiger partial charge in [-0.05, 0) is 57.8 Å². The van der Waals surface area contributed by atoms with Gasteiger partial charge in [-0.3, -0.25) is 13.8 Å². The zero-order chi connectivity index (χ0) is 49.2. The van der Waals surface area contributed by atoms with Crippen molar-refractivity contribution in [3.05, 3.63) is 60.8 Å². The average molecular weight is 962 g/mol. The molecule has 0 aromatic carbocycles. The molecule has 0 aliphatic carbocycles. The van der Waals surface area contributed by atoms with Crippen LogP contribution in [0, 0.1) is 0 Å². The number of rotatable bonds is 51. The van der Waals surface area contributed by atoms with E-state index >= 15 is 0 Å². The van der Waals surface area contributed by atoms with E-state index in [1.165, 1.54) is 167 Å². The Morgan fingerprint density at radius 3 is 1.31 bits per heavy atom. The van der Waals surface area contributed by atoms with E-state index in [4.69, 9.17) is 9.05 Å². The van der Waals surface area contributed by atoms with E-state index in [1.54, 1.807) is 6.08 Å². The number of carbonyl (C=O) groups excluding carboxylic acids is 1. The molecule has 392 valence electrons. The first-order chi connectivity index (χ1) is 32.5. The molecule has 67 heavy (non-hydrogen) atoms. The van der Waals surface area contributed by atoms with Crippen molar-refractivity contribution >= 4 is 13.7 Å². The van der Waals surface area contributed by atoms with E-state index in [1.807, 2.05) is 27.2 Å². The first-order valence-corrected chi connectivity index (χ1v) is 29.7. The van der Waals surface area contributed by atoms with Crippen LogP contribution in [0.3, 0.4) is 0 Å². The Balaban J connectivity index is 4.23. The number of aliphatic hydroxyl groups excluding tert-OH is 1. The van der Waals surface area contributed by atoms with Gasteiger partial charge in [-0.2, -0.15) is 0 Å². The van der Waals surface area contributed by atoms with Crippen LogP contribution in [0.1, 0.15) is 251 Å². The van der Waals surface area contributed by atoms with Gasteiger partial charge in [0, 0.05) is 6.42 Å². The third kappa shape index (κ3) is 51.9. The van der Waals surface area contributed by atoms with E-state index in [2.05, 4.69) is 67.8 Å². The van der Waals surface area contributed by atoms with E-state index in [9.17, 15) is 19.4 Å². The minimum absolute atomic E-state index is 0.0599. The summed E-state index contributed by atoms with van der Waals surface area (Å²) in [5.41, 5.74) is 0. The number of phosphoric acid groups is 1. The maximum Gasteiger partial charge on any atom is 0.472 e. The summed E-state index contributed by atoms with van der Waals surface area (Å²) in [7, 11) is 1.57. The maximum atomic E-state index is 13.0. The number of nitrogens with zero attached hydrogens (tertiary/aromatic N) is 1. The Bertz CT molecular complexity index is 1270. The lowest BCUT2D eigenvalue weighted by Crippen LogP contribution is -2.45. The summed E-state index contributed by atoms with van der Waals surface area (Å²) in [4.78, 5) is 23.3. The number of likely N-dealkylation sites (N-methyl/N-ethyl adjacent to an activating group) is 1. The second-order valence-corrected chi connectivity index (χ2v) is 21.7. The quantitative estimate of drug-likeness (QED) is 0.0243. The molecule has 0 bridgehead atoms. The molecule has 0 fully saturated rings. The number of hydrogen-bond donors (Lipinski definition) is 3. The van der Waals surface area contributed by atoms with Crippen molar-refractivity contribution < 1.29 is 32.9 Å². The SMILES string of the molecule is CC/C=C\C/C=C\C/C=C\C/C=C\CCCCCCCCCCCCCCC(=O)NC(COP(=O)(O)OCC[N+](C)(C)C)C(O)/C=C/CCCCCCCCCCCCCCCCCCCC. The fourth-order valence-corrected chi connectivity index (χ4v) is 8.83. The molecule has 0 aliphatic heterocycles. The standard InChI is InChI=1S/C58H109N2O6P/c1-6-8-10-12-14-16-18-20-22-24-26-28-29-30-31-32-34-36-38-40-42-44-46-48-50-52-58(62)59-56(55-66-67(63,64)65-54-53-60(3,4)5)57(61)51-49-47-45-43-41-39-37-35-33-27-25-23-21-19-17-15-13-11-9-7-2/h8,10,14,16,20,22,26,28,49,51,56-57,61H,6-7,9,11-13,15,17-19,21,23-25,27,29-48,50,52-55H2,1-5H3,(H-,59,62,63,64)/p+1/b10-8-,16-14-,22-20-,28-26-,51-49+. The first-order valence-electron chi connectivity index (χ1n) is 28.2. The number of nitrogens with one attached hydrogen (secondary N) is 1. The summed E-state index contributed by atoms with van der Waals surface area (Å²) in [5, 5.41) is 13.9. The molecule has 0 rings (SSSR count). The summed E-state index contributed by atoms with van der Waals surface area (Å²) >= 11 is 0. The third-order valence-corrected chi connectivity index (χ3v) is 13.5. The van der Waals surface area contributed by atoms with Crippen molar-refractivity contribution in [3.8, 4) is 0 Å². The molecule has 9 heteroatoms. The molecule has 0 spiro atoms. The normalized spacial score (nSPS) is 14.4. The van der Waals surface area contributed by atoms with Gasteiger partial charge in [-0.25, -0.2) is 4.57 Å². The molecule has 3 atom stereocenters. The van der Waals surface area contributed by atoms with Crippen LogP contribution >= 0.6 is 7.82 Å². The molecule has 0 aromatic heterocycles. The lowest BCUT2D eigenvalue weighted by Gasteiger charge is -2.25. The highest BCUT2D eigenvalue weighted by Gasteiger charge is 2.27. The van der Waals surface area contributed by atoms with Crippen LogP contribution in [-0.4, -0.2) is 73.4 Å². The van der Waals surface area contributed by atoms with Crippen LogP contribution < -0.4 is 5.32 Å². The molecule has 3 unspecified atom stereocenters. The Kier molecular flexibility index (Phi) is 47.9. The second kappa shape index (κ2) is 49.2. The maximum absolute atomic E-state index is 13.0. The van der Waals surface area contributed by atoms with Crippen LogP contribution in [-0.2, 0) is 18.4 Å². The van der Waals surface area contributed by atoms with Crippen LogP contribution in [0.25, 0.3) is 0 Å². The second-order valence-electron chi connectivity index (χ2n) is 20.3. The number of phosphoric ester groups is 1. The summed E-state index contributed by atoms with van der Waals surface area (Å²) in [5.74, 6) is -0.179. The lowest BCUT2D eigenvalue weighted by atomic mass is 10.0. The summed E-state index contributed by atoms with van der Waals surface area (Å²) in [6.07, 6.45) is 65.9. The lowest BCUT2D eigenvalue weighted by molar-refractivity contribution is -0.870. The average Bonchev–Trinajstić information content (AvgIpc) is 3.29. The van der Waals surface area contributed by atoms with E-state index in [0.717, 1.165) is 64.2 Å². The molecule has 0 heterocycles. The monoisotopic (exact) mass is 962 g/mol. The van der Waals surface area contributed by atoms with Gasteiger partial charge in [0.15, 0.2) is 0 Å². The van der Waals surface area contributed by atoms with Crippen LogP contribution in [0.5, 0.6) is 0 Å². The van der Waals surface area contributed by atoms with Gasteiger partial charge < -0.3 is 19.8 Å². The van der Waals surface area contributed by atoms with Crippen LogP contribution in [0.15, 0.2) is 60.8 Å². The van der Waals surface area contributed by atoms with Gasteiger partial charge in [0.05, 0.1) is 39.9 Å². The van der Waals surface area contributed by atoms with Crippen LogP contribution in [0.4, 0.5) is 0 Å². The zero-order valence-corrected chi connectivity index (χ0v) is 45.5. The topological polar surface area (TPSA) is 105 Å². The smallest absolute Gasteiger partial charge is 0.387 e. The molecule has 0 radical (unpaired) electrons. The number of aliphatic hydroxyl groups is 1. The number of carbonyl (C=O) groups is 1. The highest BCUT2D eigenvalue weighted by Crippen LogP contribution is 2.43. The predicted molar refractivity (Wildman–Crippen MR) is 290 cm³/mol. The van der Waals surface area contributed by atoms with E-state index < -0.39 is 20.0 Å². The Morgan fingerprint density at radius 1 is 0.522 bits per heavy atom. The van der Waals surface area contributed by atoms with Crippen molar-refractivity contribution in [2.24, 2.45) is 0 Å². The molecule has 1 amide bonds. The van der Waals surface area contributed by atoms with Gasteiger partial charge >= 0.3 is 7.82 Å². The Hall–Kier alpha value is -1.80. The van der Waals surface area contributed by atoms with Gasteiger partial charge in [-0.15, -0.1) is 0 Å². The van der Waals surface area contributed by atoms with Crippen molar-refractivity contribution in [2.75, 3.05) is 40.9 Å². The molecule has 3 N–H and O–H groups in total. The number of quaternary nitrogens is 1. The van der Waals surface area contributed by atoms with Gasteiger partial charge in [-0.1, -0.05) is 248 Å². The van der Waals surface area contributed by atoms with Crippen molar-refractivity contribution in [1.82, 2.24) is 5.32 Å². The molecule has 8 nitrogen and oxygen atoms in total. The highest BCUT2D eigenvalue weighted by molar-refractivity contribution is 7.47. The van der Waals surface area contributed by atoms with Crippen molar-refractivity contribution in [2.45, 2.75) is 264 Å². The summed E-state index contributed by atoms with van der Waals surface area (Å²) in [6.45, 7) is 4.72. The minimum Gasteiger partial charge on any atom is -0.387 e. The third-order valence-electron chi connectivity index (χ3n) is 12.5. The summed E-state index contributed by atoms with van der Waals surface area (Å²) < 4.78 is 23.7. The van der Waals surface area contributed by atoms with Gasteiger partial charge in [0.1, 0.15) is 13.2 Å². The minimum atomic E-state index is -4.35. The Labute approximate surface area is 415 Å². The van der Waals surface area contributed by atoms with Crippen molar-refractivity contribution in [1.29, 1.82) is 0 Å². The molecular formula is C58H110N2O6P+. The number of amides is 1. The number of unbranched alkanes of at least 4 members (excludes halogenated alkanes) is 30. The fourth-order valence-electron chi connectivity index (χ4n) is 8.09. The predicted octanol–water partition coefficient (Wildman–Crippen LogP) is 16.9. The van der Waals surface area contributed by atoms with Gasteiger partial charge in [0.25, 0.3) is 0 Å².